The summed E-state index contributed by atoms with van der Waals surface area (Å²) in [6, 6.07) is 11.0. The minimum atomic E-state index is -0.422. The van der Waals surface area contributed by atoms with Crippen LogP contribution in [0.1, 0.15) is 5.56 Å². The average Bonchev–Trinajstić information content (AvgIpc) is 2.38. The Morgan fingerprint density at radius 2 is 2.11 bits per heavy atom. The van der Waals surface area contributed by atoms with Crippen molar-refractivity contribution < 1.29 is 4.79 Å². The van der Waals surface area contributed by atoms with Gasteiger partial charge >= 0.3 is 0 Å². The van der Waals surface area contributed by atoms with Crippen molar-refractivity contribution in [2.45, 2.75) is 6.54 Å². The molecule has 0 atom stereocenters. The Kier molecular flexibility index (Phi) is 3.92. The van der Waals surface area contributed by atoms with Gasteiger partial charge in [-0.1, -0.05) is 12.1 Å². The highest BCUT2D eigenvalue weighted by molar-refractivity contribution is 5.79. The lowest BCUT2D eigenvalue weighted by molar-refractivity contribution is -0.116. The number of carbonyl (C=O) groups is 1. The Balaban J connectivity index is 2.21. The van der Waals surface area contributed by atoms with E-state index in [9.17, 15) is 4.79 Å². The maximum atomic E-state index is 11.1. The molecule has 6 nitrogen and oxygen atoms in total. The quantitative estimate of drug-likeness (QED) is 0.762. The van der Waals surface area contributed by atoms with Gasteiger partial charge in [0.1, 0.15) is 0 Å². The van der Waals surface area contributed by atoms with Gasteiger partial charge in [-0.05, 0) is 29.8 Å². The van der Waals surface area contributed by atoms with Gasteiger partial charge < -0.3 is 16.4 Å². The highest BCUT2D eigenvalue weighted by atomic mass is 16.1. The van der Waals surface area contributed by atoms with Crippen molar-refractivity contribution in [2.75, 3.05) is 17.2 Å². The zero-order valence-corrected chi connectivity index (χ0v) is 10.4. The number of hydrogen-bond acceptors (Lipinski definition) is 5. The summed E-state index contributed by atoms with van der Waals surface area (Å²) < 4.78 is 0. The number of amides is 1. The Labute approximate surface area is 111 Å². The monoisotopic (exact) mass is 257 g/mol. The molecule has 0 spiro atoms. The first-order valence-electron chi connectivity index (χ1n) is 5.80. The van der Waals surface area contributed by atoms with Gasteiger partial charge in [0.2, 0.25) is 5.91 Å². The lowest BCUT2D eigenvalue weighted by Crippen LogP contribution is -2.34. The second-order valence-electron chi connectivity index (χ2n) is 4.15. The van der Waals surface area contributed by atoms with Crippen LogP contribution in [0.3, 0.4) is 0 Å². The van der Waals surface area contributed by atoms with E-state index in [2.05, 4.69) is 10.2 Å². The van der Waals surface area contributed by atoms with Crippen molar-refractivity contribution in [3.05, 3.63) is 48.2 Å². The van der Waals surface area contributed by atoms with Gasteiger partial charge in [0.15, 0.2) is 5.82 Å². The lowest BCUT2D eigenvalue weighted by atomic mass is 10.2. The van der Waals surface area contributed by atoms with E-state index < -0.39 is 5.91 Å². The summed E-state index contributed by atoms with van der Waals surface area (Å²) in [7, 11) is 0. The summed E-state index contributed by atoms with van der Waals surface area (Å²) >= 11 is 0. The van der Waals surface area contributed by atoms with Gasteiger partial charge in [-0.25, -0.2) is 0 Å². The van der Waals surface area contributed by atoms with E-state index in [1.165, 1.54) is 0 Å². The second-order valence-corrected chi connectivity index (χ2v) is 4.15. The standard InChI is InChI=1S/C13H15N5O/c14-11-4-1-3-10(7-11)8-18(9-12(15)19)13-5-2-6-16-17-13/h1-7H,8-9,14H2,(H2,15,19). The number of nitrogens with zero attached hydrogens (tertiary/aromatic N) is 3. The van der Waals surface area contributed by atoms with Crippen LogP contribution in [-0.2, 0) is 11.3 Å². The summed E-state index contributed by atoms with van der Waals surface area (Å²) in [6.07, 6.45) is 1.58. The van der Waals surface area contributed by atoms with E-state index in [0.29, 0.717) is 18.1 Å². The van der Waals surface area contributed by atoms with E-state index in [-0.39, 0.29) is 6.54 Å². The zero-order chi connectivity index (χ0) is 13.7. The van der Waals surface area contributed by atoms with E-state index in [1.54, 1.807) is 23.2 Å². The maximum Gasteiger partial charge on any atom is 0.237 e. The first kappa shape index (κ1) is 12.8. The topological polar surface area (TPSA) is 98.1 Å². The third-order valence-corrected chi connectivity index (χ3v) is 2.55. The van der Waals surface area contributed by atoms with Gasteiger partial charge in [0.25, 0.3) is 0 Å². The van der Waals surface area contributed by atoms with Gasteiger partial charge in [-0.3, -0.25) is 4.79 Å². The molecule has 0 radical (unpaired) electrons. The summed E-state index contributed by atoms with van der Waals surface area (Å²) in [5.74, 6) is 0.179. The van der Waals surface area contributed by atoms with E-state index >= 15 is 0 Å². The summed E-state index contributed by atoms with van der Waals surface area (Å²) in [6.45, 7) is 0.570. The normalized spacial score (nSPS) is 10.1. The number of benzene rings is 1. The number of primary amides is 1. The fourth-order valence-corrected chi connectivity index (χ4v) is 1.78. The van der Waals surface area contributed by atoms with Crippen molar-refractivity contribution in [3.8, 4) is 0 Å². The predicted octanol–water partition coefficient (Wildman–Crippen LogP) is 0.551. The van der Waals surface area contributed by atoms with Crippen molar-refractivity contribution in [3.63, 3.8) is 0 Å². The number of nitrogens with two attached hydrogens (primary N) is 2. The Bertz CT molecular complexity index is 558. The first-order chi connectivity index (χ1) is 9.15. The smallest absolute Gasteiger partial charge is 0.237 e. The fraction of sp³-hybridized carbons (Fsp3) is 0.154. The molecule has 0 saturated heterocycles. The second kappa shape index (κ2) is 5.81. The van der Waals surface area contributed by atoms with Crippen molar-refractivity contribution in [2.24, 2.45) is 5.73 Å². The van der Waals surface area contributed by atoms with E-state index in [4.69, 9.17) is 11.5 Å². The zero-order valence-electron chi connectivity index (χ0n) is 10.4. The molecule has 0 aliphatic carbocycles. The van der Waals surface area contributed by atoms with Gasteiger partial charge in [-0.2, -0.15) is 5.10 Å². The Morgan fingerprint density at radius 3 is 2.74 bits per heavy atom. The fourth-order valence-electron chi connectivity index (χ4n) is 1.78. The van der Waals surface area contributed by atoms with Crippen LogP contribution in [0.2, 0.25) is 0 Å². The highest BCUT2D eigenvalue weighted by Crippen LogP contribution is 2.14. The molecular weight excluding hydrogens is 242 g/mol. The van der Waals surface area contributed by atoms with Crippen molar-refractivity contribution in [1.29, 1.82) is 0 Å². The molecule has 19 heavy (non-hydrogen) atoms. The average molecular weight is 257 g/mol. The van der Waals surface area contributed by atoms with E-state index in [0.717, 1.165) is 5.56 Å². The molecule has 0 bridgehead atoms. The van der Waals surface area contributed by atoms with Crippen LogP contribution in [-0.4, -0.2) is 22.6 Å². The molecule has 0 fully saturated rings. The first-order valence-corrected chi connectivity index (χ1v) is 5.80. The molecular formula is C13H15N5O. The third-order valence-electron chi connectivity index (χ3n) is 2.55. The molecule has 6 heteroatoms. The highest BCUT2D eigenvalue weighted by Gasteiger charge is 2.11. The molecule has 4 N–H and O–H groups in total. The van der Waals surface area contributed by atoms with Gasteiger partial charge in [0, 0.05) is 18.4 Å². The number of aromatic nitrogens is 2. The molecule has 98 valence electrons. The van der Waals surface area contributed by atoms with Crippen LogP contribution < -0.4 is 16.4 Å². The Morgan fingerprint density at radius 1 is 1.26 bits per heavy atom. The predicted molar refractivity (Wildman–Crippen MR) is 73.1 cm³/mol. The van der Waals surface area contributed by atoms with Crippen LogP contribution in [0.4, 0.5) is 11.5 Å². The van der Waals surface area contributed by atoms with E-state index in [1.807, 2.05) is 24.3 Å². The maximum absolute atomic E-state index is 11.1. The number of rotatable bonds is 5. The summed E-state index contributed by atoms with van der Waals surface area (Å²) in [5.41, 5.74) is 12.7. The third kappa shape index (κ3) is 3.67. The molecule has 2 rings (SSSR count). The molecule has 1 heterocycles. The van der Waals surface area contributed by atoms with Crippen molar-refractivity contribution >= 4 is 17.4 Å². The van der Waals surface area contributed by atoms with Gasteiger partial charge in [-0.15, -0.1) is 5.10 Å². The number of hydrogen-bond donors (Lipinski definition) is 2. The number of anilines is 2. The molecule has 1 aromatic heterocycles. The van der Waals surface area contributed by atoms with Gasteiger partial charge in [0.05, 0.1) is 6.54 Å². The molecule has 0 saturated carbocycles. The summed E-state index contributed by atoms with van der Waals surface area (Å²) in [5, 5.41) is 7.79. The molecule has 0 aliphatic heterocycles. The van der Waals surface area contributed by atoms with Crippen LogP contribution in [0, 0.1) is 0 Å². The number of nitrogen functional groups attached to an aromatic ring is 1. The molecule has 1 aromatic carbocycles. The molecule has 0 unspecified atom stereocenters. The minimum Gasteiger partial charge on any atom is -0.399 e. The molecule has 2 aromatic rings. The Hall–Kier alpha value is -2.63. The van der Waals surface area contributed by atoms with Crippen LogP contribution >= 0.6 is 0 Å². The molecule has 0 aliphatic rings. The molecule has 1 amide bonds. The summed E-state index contributed by atoms with van der Waals surface area (Å²) in [4.78, 5) is 12.9. The van der Waals surface area contributed by atoms with Crippen LogP contribution in [0.15, 0.2) is 42.6 Å². The number of carbonyl (C=O) groups excluding carboxylic acids is 1. The van der Waals surface area contributed by atoms with Crippen molar-refractivity contribution in [1.82, 2.24) is 10.2 Å². The van der Waals surface area contributed by atoms with Crippen LogP contribution in [0.5, 0.6) is 0 Å². The SMILES string of the molecule is NC(=O)CN(Cc1cccc(N)c1)c1cccnn1. The van der Waals surface area contributed by atoms with Crippen LogP contribution in [0.25, 0.3) is 0 Å². The largest absolute Gasteiger partial charge is 0.399 e. The minimum absolute atomic E-state index is 0.0769. The lowest BCUT2D eigenvalue weighted by Gasteiger charge is -2.21.